The average molecular weight is 159 g/mol. The van der Waals surface area contributed by atoms with E-state index in [1.54, 1.807) is 7.11 Å². The van der Waals surface area contributed by atoms with Crippen LogP contribution in [0.2, 0.25) is 0 Å². The van der Waals surface area contributed by atoms with Gasteiger partial charge >= 0.3 is 0 Å². The molecule has 0 bridgehead atoms. The van der Waals surface area contributed by atoms with Crippen molar-refractivity contribution in [1.82, 2.24) is 0 Å². The van der Waals surface area contributed by atoms with E-state index in [2.05, 4.69) is 25.4 Å². The van der Waals surface area contributed by atoms with Crippen molar-refractivity contribution in [3.05, 3.63) is 0 Å². The van der Waals surface area contributed by atoms with E-state index < -0.39 is 9.92 Å². The minimum Gasteiger partial charge on any atom is -0.406 e. The van der Waals surface area contributed by atoms with Crippen LogP contribution in [0.3, 0.4) is 0 Å². The summed E-state index contributed by atoms with van der Waals surface area (Å²) >= 11 is 0. The van der Waals surface area contributed by atoms with Gasteiger partial charge < -0.3 is 9.08 Å². The molecule has 60 valence electrons. The molecule has 0 aromatic rings. The zero-order valence-electron chi connectivity index (χ0n) is 7.35. The molecule has 0 N–H and O–H groups in total. The molecule has 0 saturated carbocycles. The van der Waals surface area contributed by atoms with Crippen LogP contribution in [0.5, 0.6) is 0 Å². The zero-order valence-corrected chi connectivity index (χ0v) is 8.76. The van der Waals surface area contributed by atoms with E-state index in [0.29, 0.717) is 0 Å². The summed E-state index contributed by atoms with van der Waals surface area (Å²) < 4.78 is 9.26. The van der Waals surface area contributed by atoms with Crippen LogP contribution < -0.4 is 0 Å². The maximum atomic E-state index is 4.95. The van der Waals surface area contributed by atoms with Gasteiger partial charge in [0.2, 0.25) is 0 Å². The summed E-state index contributed by atoms with van der Waals surface area (Å²) in [4.78, 5) is 0. The summed E-state index contributed by atoms with van der Waals surface area (Å²) in [5.41, 5.74) is 1.24. The number of rotatable bonds is 4. The molecule has 0 unspecified atom stereocenters. The monoisotopic (exact) mass is 159 g/mol. The molecular weight excluding hydrogens is 142 g/mol. The van der Waals surface area contributed by atoms with Crippen LogP contribution >= 0.6 is 0 Å². The Labute approximate surface area is 65.7 Å². The fourth-order valence-electron chi connectivity index (χ4n) is 0.830. The van der Waals surface area contributed by atoms with Crippen molar-refractivity contribution in [3.8, 4) is 0 Å². The first-order valence-corrected chi connectivity index (χ1v) is 4.86. The van der Waals surface area contributed by atoms with Gasteiger partial charge in [-0.15, -0.1) is 0 Å². The highest BCUT2D eigenvalue weighted by atomic mass is 28.2. The Morgan fingerprint density at radius 2 is 2.20 bits per heavy atom. The molecular formula is C7H17NOSi. The zero-order chi connectivity index (χ0) is 7.98. The first-order valence-electron chi connectivity index (χ1n) is 3.65. The number of nitrogens with zero attached hydrogens (tertiary/aromatic N) is 1. The lowest BCUT2D eigenvalue weighted by atomic mass is 10.1. The van der Waals surface area contributed by atoms with E-state index in [4.69, 9.17) is 4.43 Å². The molecule has 10 heavy (non-hydrogen) atoms. The molecule has 0 radical (unpaired) electrons. The SMILES string of the molecule is CO[SiH2]N=C(C)CC(C)C. The Morgan fingerprint density at radius 1 is 1.60 bits per heavy atom. The van der Waals surface area contributed by atoms with E-state index in [9.17, 15) is 0 Å². The van der Waals surface area contributed by atoms with Crippen molar-refractivity contribution in [2.75, 3.05) is 7.11 Å². The number of hydrogen-bond acceptors (Lipinski definition) is 2. The molecule has 0 aliphatic carbocycles. The number of hydrogen-bond donors (Lipinski definition) is 0. The normalized spacial score (nSPS) is 13.9. The fourth-order valence-corrected chi connectivity index (χ4v) is 1.31. The molecule has 0 rings (SSSR count). The Balaban J connectivity index is 3.49. The molecule has 0 aromatic heterocycles. The lowest BCUT2D eigenvalue weighted by molar-refractivity contribution is 0.443. The standard InChI is InChI=1S/C7H17NOSi/c1-6(2)5-7(3)8-10-9-4/h6H,5,10H2,1-4H3. The minimum absolute atomic E-state index is 0.581. The molecule has 0 saturated heterocycles. The van der Waals surface area contributed by atoms with Crippen LogP contribution in [-0.2, 0) is 4.43 Å². The first-order chi connectivity index (χ1) is 4.66. The Kier molecular flexibility index (Phi) is 5.53. The van der Waals surface area contributed by atoms with Crippen molar-refractivity contribution in [2.45, 2.75) is 27.2 Å². The molecule has 2 nitrogen and oxygen atoms in total. The molecule has 3 heteroatoms. The topological polar surface area (TPSA) is 21.6 Å². The molecule has 0 aliphatic rings. The third kappa shape index (κ3) is 5.97. The molecule has 0 spiro atoms. The quantitative estimate of drug-likeness (QED) is 0.445. The summed E-state index contributed by atoms with van der Waals surface area (Å²) in [7, 11) is 1.14. The summed E-state index contributed by atoms with van der Waals surface area (Å²) in [5.74, 6) is 0.717. The molecule has 0 fully saturated rings. The average Bonchev–Trinajstić information content (AvgIpc) is 1.82. The van der Waals surface area contributed by atoms with Crippen molar-refractivity contribution in [2.24, 2.45) is 10.6 Å². The largest absolute Gasteiger partial charge is 0.406 e. The van der Waals surface area contributed by atoms with E-state index in [-0.39, 0.29) is 0 Å². The van der Waals surface area contributed by atoms with E-state index >= 15 is 0 Å². The van der Waals surface area contributed by atoms with Crippen LogP contribution in [0.15, 0.2) is 4.66 Å². The van der Waals surface area contributed by atoms with Gasteiger partial charge in [0.1, 0.15) is 0 Å². The summed E-state index contributed by atoms with van der Waals surface area (Å²) in [6.07, 6.45) is 1.11. The van der Waals surface area contributed by atoms with Crippen molar-refractivity contribution >= 4 is 15.6 Å². The van der Waals surface area contributed by atoms with Gasteiger partial charge in [-0.1, -0.05) is 13.8 Å². The van der Waals surface area contributed by atoms with Crippen LogP contribution in [0.1, 0.15) is 27.2 Å². The molecule has 0 heterocycles. The predicted octanol–water partition coefficient (Wildman–Crippen LogP) is 1.14. The van der Waals surface area contributed by atoms with Crippen molar-refractivity contribution in [3.63, 3.8) is 0 Å². The van der Waals surface area contributed by atoms with Gasteiger partial charge in [0.05, 0.1) is 0 Å². The Hall–Kier alpha value is -0.153. The van der Waals surface area contributed by atoms with E-state index in [1.807, 2.05) is 0 Å². The predicted molar refractivity (Wildman–Crippen MR) is 48.1 cm³/mol. The van der Waals surface area contributed by atoms with Crippen LogP contribution in [-0.4, -0.2) is 22.7 Å². The first kappa shape index (κ1) is 9.85. The van der Waals surface area contributed by atoms with E-state index in [0.717, 1.165) is 12.3 Å². The fraction of sp³-hybridized carbons (Fsp3) is 0.857. The minimum atomic E-state index is -0.581. The van der Waals surface area contributed by atoms with Gasteiger partial charge in [-0.3, -0.25) is 0 Å². The van der Waals surface area contributed by atoms with Crippen LogP contribution in [0.4, 0.5) is 0 Å². The van der Waals surface area contributed by atoms with Gasteiger partial charge in [0.25, 0.3) is 9.92 Å². The lowest BCUT2D eigenvalue weighted by Crippen LogP contribution is -2.01. The molecule has 0 aromatic carbocycles. The Morgan fingerprint density at radius 3 is 2.60 bits per heavy atom. The van der Waals surface area contributed by atoms with E-state index in [1.165, 1.54) is 5.71 Å². The van der Waals surface area contributed by atoms with Gasteiger partial charge in [-0.2, -0.15) is 0 Å². The highest BCUT2D eigenvalue weighted by molar-refractivity contribution is 6.28. The van der Waals surface area contributed by atoms with Gasteiger partial charge in [0, 0.05) is 12.8 Å². The maximum Gasteiger partial charge on any atom is 0.286 e. The maximum absolute atomic E-state index is 4.95. The van der Waals surface area contributed by atoms with Crippen molar-refractivity contribution < 1.29 is 4.43 Å². The highest BCUT2D eigenvalue weighted by Gasteiger charge is 1.95. The van der Waals surface area contributed by atoms with Crippen molar-refractivity contribution in [1.29, 1.82) is 0 Å². The third-order valence-corrected chi connectivity index (χ3v) is 2.09. The summed E-state index contributed by atoms with van der Waals surface area (Å²) in [5, 5.41) is 0. The molecule has 0 atom stereocenters. The lowest BCUT2D eigenvalue weighted by Gasteiger charge is -2.02. The highest BCUT2D eigenvalue weighted by Crippen LogP contribution is 2.00. The second-order valence-electron chi connectivity index (χ2n) is 2.91. The summed E-state index contributed by atoms with van der Waals surface area (Å²) in [6.45, 7) is 6.48. The van der Waals surface area contributed by atoms with Crippen LogP contribution in [0, 0.1) is 5.92 Å². The summed E-state index contributed by atoms with van der Waals surface area (Å²) in [6, 6.07) is 0. The van der Waals surface area contributed by atoms with Gasteiger partial charge in [-0.25, -0.2) is 0 Å². The molecule has 0 aliphatic heterocycles. The smallest absolute Gasteiger partial charge is 0.286 e. The third-order valence-electron chi connectivity index (χ3n) is 1.17. The second-order valence-corrected chi connectivity index (χ2v) is 4.06. The Bertz CT molecular complexity index is 112. The molecule has 0 amide bonds. The van der Waals surface area contributed by atoms with Gasteiger partial charge in [-0.05, 0) is 19.3 Å². The van der Waals surface area contributed by atoms with Gasteiger partial charge in [0.15, 0.2) is 0 Å². The second kappa shape index (κ2) is 5.62. The van der Waals surface area contributed by atoms with Crippen LogP contribution in [0.25, 0.3) is 0 Å².